The van der Waals surface area contributed by atoms with Crippen molar-refractivity contribution in [3.05, 3.63) is 142 Å². The van der Waals surface area contributed by atoms with E-state index in [1.807, 2.05) is 69.2 Å². The highest BCUT2D eigenvalue weighted by atomic mass is 19.4. The molecular formula is C47H52F6O12. The topological polar surface area (TPSA) is 173 Å². The molecule has 4 aromatic carbocycles. The minimum atomic E-state index is -5.24. The van der Waals surface area contributed by atoms with Gasteiger partial charge in [-0.25, -0.2) is 38.4 Å². The molecule has 0 saturated carbocycles. The quantitative estimate of drug-likeness (QED) is 0.0708. The molecule has 0 unspecified atom stereocenters. The van der Waals surface area contributed by atoms with Gasteiger partial charge in [0.15, 0.2) is 5.41 Å². The van der Waals surface area contributed by atoms with E-state index in [2.05, 4.69) is 18.9 Å². The first-order chi connectivity index (χ1) is 30.7. The molecule has 0 aliphatic carbocycles. The van der Waals surface area contributed by atoms with Crippen LogP contribution in [0.3, 0.4) is 0 Å². The molecule has 0 aromatic heterocycles. The number of carbonyl (C=O) groups is 8. The lowest BCUT2D eigenvalue weighted by Crippen LogP contribution is -2.44. The van der Waals surface area contributed by atoms with Gasteiger partial charge in [-0.3, -0.25) is 0 Å². The molecule has 4 heterocycles. The predicted octanol–water partition coefficient (Wildman–Crippen LogP) is 12.3. The number of alkyl halides is 6. The first-order valence-corrected chi connectivity index (χ1v) is 20.2. The van der Waals surface area contributed by atoms with Crippen LogP contribution in [0.2, 0.25) is 0 Å². The third kappa shape index (κ3) is 16.3. The van der Waals surface area contributed by atoms with Gasteiger partial charge in [0.2, 0.25) is 0 Å². The fourth-order valence-corrected chi connectivity index (χ4v) is 4.29. The van der Waals surface area contributed by atoms with Crippen LogP contribution in [0, 0.1) is 5.41 Å². The fourth-order valence-electron chi connectivity index (χ4n) is 4.29. The Morgan fingerprint density at radius 2 is 0.385 bits per heavy atom. The highest BCUT2D eigenvalue weighted by Gasteiger charge is 2.64. The molecule has 0 saturated heterocycles. The van der Waals surface area contributed by atoms with Crippen LogP contribution < -0.4 is 0 Å². The first kappa shape index (κ1) is 60.1. The second kappa shape index (κ2) is 28.7. The van der Waals surface area contributed by atoms with E-state index in [1.165, 1.54) is 0 Å². The molecule has 354 valence electrons. The normalized spacial score (nSPS) is 12.9. The van der Waals surface area contributed by atoms with E-state index in [9.17, 15) is 64.7 Å². The summed E-state index contributed by atoms with van der Waals surface area (Å²) in [7, 11) is 0. The van der Waals surface area contributed by atoms with Crippen LogP contribution in [-0.4, -0.2) is 60.1 Å². The predicted molar refractivity (Wildman–Crippen MR) is 227 cm³/mol. The van der Waals surface area contributed by atoms with Gasteiger partial charge in [-0.2, -0.15) is 26.3 Å². The lowest BCUT2D eigenvalue weighted by atomic mass is 9.92. The summed E-state index contributed by atoms with van der Waals surface area (Å²) >= 11 is 0. The smallest absolute Gasteiger partial charge is 0.386 e. The van der Waals surface area contributed by atoms with E-state index in [0.717, 1.165) is 0 Å². The number of hydrogen-bond acceptors (Lipinski definition) is 12. The minimum absolute atomic E-state index is 0.104. The number of carbonyl (C=O) groups excluding carboxylic acids is 8. The number of rotatable bonds is 0. The molecule has 0 amide bonds. The Balaban J connectivity index is 0. The number of esters is 8. The summed E-state index contributed by atoms with van der Waals surface area (Å²) in [4.78, 5) is 86.7. The number of halogens is 6. The number of hydrogen-bond donors (Lipinski definition) is 0. The van der Waals surface area contributed by atoms with Gasteiger partial charge in [0, 0.05) is 0 Å². The van der Waals surface area contributed by atoms with Crippen molar-refractivity contribution in [2.24, 2.45) is 5.41 Å². The summed E-state index contributed by atoms with van der Waals surface area (Å²) in [5.41, 5.74) is -0.755. The highest BCUT2D eigenvalue weighted by molar-refractivity contribution is 6.16. The summed E-state index contributed by atoms with van der Waals surface area (Å²) in [6.45, 7) is 20.2. The van der Waals surface area contributed by atoms with Crippen LogP contribution in [0.5, 0.6) is 0 Å². The Bertz CT molecular complexity index is 1820. The van der Waals surface area contributed by atoms with Crippen molar-refractivity contribution < 1.29 is 83.6 Å². The molecule has 18 heteroatoms. The molecule has 0 atom stereocenters. The zero-order chi connectivity index (χ0) is 50.9. The molecule has 4 aromatic rings. The van der Waals surface area contributed by atoms with Gasteiger partial charge >= 0.3 is 60.1 Å². The Kier molecular flexibility index (Phi) is 26.5. The molecular weight excluding hydrogens is 870 g/mol. The fraction of sp³-hybridized carbons (Fsp3) is 0.319. The maximum Gasteiger partial charge on any atom is 0.402 e. The van der Waals surface area contributed by atoms with Crippen LogP contribution in [0.4, 0.5) is 26.3 Å². The van der Waals surface area contributed by atoms with Gasteiger partial charge in [-0.05, 0) is 62.4 Å². The van der Waals surface area contributed by atoms with Gasteiger partial charge in [0.25, 0.3) is 0 Å². The monoisotopic (exact) mass is 922 g/mol. The van der Waals surface area contributed by atoms with Crippen molar-refractivity contribution in [1.82, 2.24) is 0 Å². The van der Waals surface area contributed by atoms with Crippen molar-refractivity contribution in [3.8, 4) is 0 Å². The van der Waals surface area contributed by atoms with Crippen molar-refractivity contribution in [1.29, 1.82) is 0 Å². The highest BCUT2D eigenvalue weighted by Crippen LogP contribution is 2.49. The molecule has 8 rings (SSSR count). The van der Waals surface area contributed by atoms with E-state index in [-0.39, 0.29) is 13.8 Å². The van der Waals surface area contributed by atoms with Gasteiger partial charge in [0.1, 0.15) is 0 Å². The SMILES string of the molecule is CC.CC.CC.CC.CC.CC(C)(C(F)(F)F)C(F)(F)F.O=C1OC(=O)c2ccccc21.O=C1OC(=O)c2ccccc21.O=C1OC(=O)c2ccccc21.O=C1OC(=O)c2ccccc21. The Morgan fingerprint density at radius 3 is 0.462 bits per heavy atom. The third-order valence-electron chi connectivity index (χ3n) is 7.63. The van der Waals surface area contributed by atoms with E-state index < -0.39 is 65.5 Å². The average Bonchev–Trinajstić information content (AvgIpc) is 3.99. The van der Waals surface area contributed by atoms with E-state index in [4.69, 9.17) is 0 Å². The van der Waals surface area contributed by atoms with Crippen LogP contribution in [0.25, 0.3) is 0 Å². The maximum absolute atomic E-state index is 11.6. The molecule has 0 N–H and O–H groups in total. The Hall–Kier alpha value is -6.98. The second-order valence-electron chi connectivity index (χ2n) is 11.5. The lowest BCUT2D eigenvalue weighted by Gasteiger charge is -2.29. The molecule has 4 aliphatic rings. The first-order valence-electron chi connectivity index (χ1n) is 20.2. The average molecular weight is 923 g/mol. The third-order valence-corrected chi connectivity index (χ3v) is 7.63. The van der Waals surface area contributed by atoms with Gasteiger partial charge < -0.3 is 18.9 Å². The summed E-state index contributed by atoms with van der Waals surface area (Å²) < 4.78 is 87.1. The molecule has 4 aliphatic heterocycles. The van der Waals surface area contributed by atoms with Crippen molar-refractivity contribution >= 4 is 47.8 Å². The molecule has 12 nitrogen and oxygen atoms in total. The summed E-state index contributed by atoms with van der Waals surface area (Å²) in [6, 6.07) is 26.1. The van der Waals surface area contributed by atoms with Crippen molar-refractivity contribution in [3.63, 3.8) is 0 Å². The zero-order valence-electron chi connectivity index (χ0n) is 37.9. The van der Waals surface area contributed by atoms with Gasteiger partial charge in [-0.15, -0.1) is 0 Å². The zero-order valence-corrected chi connectivity index (χ0v) is 37.9. The van der Waals surface area contributed by atoms with E-state index >= 15 is 0 Å². The summed E-state index contributed by atoms with van der Waals surface area (Å²) in [6.07, 6.45) is -10.5. The van der Waals surface area contributed by atoms with Crippen LogP contribution in [-0.2, 0) is 18.9 Å². The van der Waals surface area contributed by atoms with Gasteiger partial charge in [-0.1, -0.05) is 118 Å². The van der Waals surface area contributed by atoms with Crippen molar-refractivity contribution in [2.75, 3.05) is 0 Å². The minimum Gasteiger partial charge on any atom is -0.386 e. The van der Waals surface area contributed by atoms with Gasteiger partial charge in [0.05, 0.1) is 44.5 Å². The van der Waals surface area contributed by atoms with Crippen LogP contribution in [0.15, 0.2) is 97.1 Å². The molecule has 0 fully saturated rings. The number of ether oxygens (including phenoxy) is 4. The largest absolute Gasteiger partial charge is 0.402 e. The second-order valence-corrected chi connectivity index (χ2v) is 11.5. The Morgan fingerprint density at radius 1 is 0.277 bits per heavy atom. The molecule has 0 bridgehead atoms. The van der Waals surface area contributed by atoms with E-state index in [0.29, 0.717) is 44.5 Å². The molecule has 0 radical (unpaired) electrons. The maximum atomic E-state index is 11.6. The van der Waals surface area contributed by atoms with Crippen LogP contribution >= 0.6 is 0 Å². The Labute approximate surface area is 373 Å². The number of benzene rings is 4. The lowest BCUT2D eigenvalue weighted by molar-refractivity contribution is -0.327. The summed E-state index contributed by atoms with van der Waals surface area (Å²) in [5.74, 6) is -4.40. The van der Waals surface area contributed by atoms with Crippen molar-refractivity contribution in [2.45, 2.75) is 95.4 Å². The summed E-state index contributed by atoms with van der Waals surface area (Å²) in [5, 5.41) is 0. The van der Waals surface area contributed by atoms with Crippen LogP contribution in [0.1, 0.15) is 166 Å². The standard InChI is InChI=1S/4C8H4O3.C5H6F6.5C2H6/c4*9-7-5-3-1-2-4-6(5)8(10)11-7;1-3(2,4(6,7)8)5(9,10)11;5*1-2/h4*1-4H;1-2H3;5*1-2H3. The number of fused-ring (bicyclic) bond motifs is 4. The number of cyclic esters (lactones) is 8. The van der Waals surface area contributed by atoms with E-state index in [1.54, 1.807) is 97.1 Å². The molecule has 65 heavy (non-hydrogen) atoms. The molecule has 0 spiro atoms.